The molecule has 0 saturated carbocycles. The first-order valence-electron chi connectivity index (χ1n) is 12.5. The molecule has 0 radical (unpaired) electrons. The van der Waals surface area contributed by atoms with Gasteiger partial charge in [-0.1, -0.05) is 53.7 Å². The lowest BCUT2D eigenvalue weighted by atomic mass is 10.0. The molecule has 2 atom stereocenters. The van der Waals surface area contributed by atoms with Crippen LogP contribution in [0.15, 0.2) is 18.2 Å². The van der Waals surface area contributed by atoms with E-state index < -0.39 is 18.1 Å². The molecule has 0 aromatic heterocycles. The zero-order valence-corrected chi connectivity index (χ0v) is 22.6. The molecule has 0 heterocycles. The molecule has 202 valence electrons. The second-order valence-electron chi connectivity index (χ2n) is 9.94. The molecule has 0 aliphatic rings. The number of rotatable bonds is 14. The molecule has 4 amide bonds. The summed E-state index contributed by atoms with van der Waals surface area (Å²) in [5, 5.41) is 11.5. The van der Waals surface area contributed by atoms with E-state index >= 15 is 0 Å². The number of anilines is 1. The molecule has 36 heavy (non-hydrogen) atoms. The van der Waals surface area contributed by atoms with Crippen molar-refractivity contribution in [2.75, 3.05) is 11.9 Å². The zero-order chi connectivity index (χ0) is 27.4. The fraction of sp³-hybridized carbons (Fsp3) is 0.615. The fourth-order valence-corrected chi connectivity index (χ4v) is 3.47. The second kappa shape index (κ2) is 15.1. The van der Waals surface area contributed by atoms with Crippen molar-refractivity contribution in [3.8, 4) is 0 Å². The monoisotopic (exact) mass is 505 g/mol. The summed E-state index contributed by atoms with van der Waals surface area (Å²) in [5.41, 5.74) is 7.31. The maximum atomic E-state index is 13.2. The number of urea groups is 1. The number of hydrogen-bond acceptors (Lipinski definition) is 6. The molecule has 0 bridgehead atoms. The van der Waals surface area contributed by atoms with Gasteiger partial charge in [0.1, 0.15) is 12.6 Å². The standard InChI is InChI=1S/C26H43N5O5/c1-15(2)22(29-17(5)6)24(33)31-21(9-8-12-28-26(27)35)23(32)30-20-11-10-19(13-18(20)7)14-36-25(34)16(3)4/h10-11,13,15-17,21-22,29H,8-9,12,14H2,1-7H3,(H,30,32)(H,31,33)(H3,27,28,35)/t21-,22-/m0/s1. The molecule has 0 aliphatic heterocycles. The van der Waals surface area contributed by atoms with Gasteiger partial charge in [0.15, 0.2) is 0 Å². The van der Waals surface area contributed by atoms with Gasteiger partial charge < -0.3 is 31.7 Å². The molecular formula is C26H43N5O5. The van der Waals surface area contributed by atoms with Gasteiger partial charge in [0, 0.05) is 18.3 Å². The molecule has 0 aliphatic carbocycles. The summed E-state index contributed by atoms with van der Waals surface area (Å²) in [5.74, 6) is -1.09. The van der Waals surface area contributed by atoms with Crippen LogP contribution in [0.25, 0.3) is 0 Å². The van der Waals surface area contributed by atoms with E-state index in [1.807, 2.05) is 40.7 Å². The van der Waals surface area contributed by atoms with Gasteiger partial charge in [-0.25, -0.2) is 4.79 Å². The minimum atomic E-state index is -0.812. The molecule has 10 nitrogen and oxygen atoms in total. The normalized spacial score (nSPS) is 12.8. The summed E-state index contributed by atoms with van der Waals surface area (Å²) in [7, 11) is 0. The summed E-state index contributed by atoms with van der Waals surface area (Å²) >= 11 is 0. The van der Waals surface area contributed by atoms with E-state index in [-0.39, 0.29) is 48.8 Å². The number of nitrogens with one attached hydrogen (secondary N) is 4. The van der Waals surface area contributed by atoms with Gasteiger partial charge in [-0.2, -0.15) is 0 Å². The topological polar surface area (TPSA) is 152 Å². The Morgan fingerprint density at radius 3 is 2.19 bits per heavy atom. The van der Waals surface area contributed by atoms with Gasteiger partial charge in [0.25, 0.3) is 0 Å². The average Bonchev–Trinajstić information content (AvgIpc) is 2.78. The van der Waals surface area contributed by atoms with Gasteiger partial charge in [-0.05, 0) is 42.9 Å². The zero-order valence-electron chi connectivity index (χ0n) is 22.6. The van der Waals surface area contributed by atoms with Crippen molar-refractivity contribution < 1.29 is 23.9 Å². The highest BCUT2D eigenvalue weighted by atomic mass is 16.5. The van der Waals surface area contributed by atoms with Crippen molar-refractivity contribution in [1.82, 2.24) is 16.0 Å². The third kappa shape index (κ3) is 11.1. The summed E-state index contributed by atoms with van der Waals surface area (Å²) in [6.07, 6.45) is 0.761. The summed E-state index contributed by atoms with van der Waals surface area (Å²) in [6, 6.07) is 3.55. The van der Waals surface area contributed by atoms with E-state index in [1.54, 1.807) is 26.0 Å². The van der Waals surface area contributed by atoms with Gasteiger partial charge in [-0.3, -0.25) is 14.4 Å². The third-order valence-corrected chi connectivity index (χ3v) is 5.46. The first-order chi connectivity index (χ1) is 16.8. The number of ether oxygens (including phenoxy) is 1. The summed E-state index contributed by atoms with van der Waals surface area (Å²) in [4.78, 5) is 48.9. The number of carbonyl (C=O) groups excluding carboxylic acids is 4. The number of nitrogens with two attached hydrogens (primary N) is 1. The van der Waals surface area contributed by atoms with E-state index in [4.69, 9.17) is 10.5 Å². The largest absolute Gasteiger partial charge is 0.461 e. The minimum Gasteiger partial charge on any atom is -0.461 e. The predicted molar refractivity (Wildman–Crippen MR) is 140 cm³/mol. The van der Waals surface area contributed by atoms with Crippen molar-refractivity contribution in [2.24, 2.45) is 17.6 Å². The van der Waals surface area contributed by atoms with Gasteiger partial charge in [-0.15, -0.1) is 0 Å². The van der Waals surface area contributed by atoms with E-state index in [1.165, 1.54) is 0 Å². The molecule has 1 aromatic rings. The minimum absolute atomic E-state index is 0.0206. The lowest BCUT2D eigenvalue weighted by Gasteiger charge is -2.27. The number of aryl methyl sites for hydroxylation is 1. The first-order valence-corrected chi connectivity index (χ1v) is 12.5. The Balaban J connectivity index is 2.95. The van der Waals surface area contributed by atoms with Crippen molar-refractivity contribution >= 4 is 29.5 Å². The van der Waals surface area contributed by atoms with Crippen molar-refractivity contribution in [3.05, 3.63) is 29.3 Å². The van der Waals surface area contributed by atoms with Crippen LogP contribution in [-0.4, -0.2) is 48.5 Å². The Morgan fingerprint density at radius 1 is 1.00 bits per heavy atom. The van der Waals surface area contributed by atoms with Crippen LogP contribution < -0.4 is 27.0 Å². The Labute approximate surface area is 214 Å². The molecule has 0 unspecified atom stereocenters. The predicted octanol–water partition coefficient (Wildman–Crippen LogP) is 2.59. The maximum Gasteiger partial charge on any atom is 0.312 e. The number of hydrogen-bond donors (Lipinski definition) is 5. The lowest BCUT2D eigenvalue weighted by Crippen LogP contribution is -2.54. The number of benzene rings is 1. The second-order valence-corrected chi connectivity index (χ2v) is 9.94. The van der Waals surface area contributed by atoms with E-state index in [9.17, 15) is 19.2 Å². The molecule has 6 N–H and O–H groups in total. The lowest BCUT2D eigenvalue weighted by molar-refractivity contribution is -0.148. The van der Waals surface area contributed by atoms with Crippen molar-refractivity contribution in [3.63, 3.8) is 0 Å². The van der Waals surface area contributed by atoms with E-state index in [0.29, 0.717) is 18.5 Å². The SMILES string of the molecule is Cc1cc(COC(=O)C(C)C)ccc1NC(=O)[C@H](CCCNC(N)=O)NC(=O)[C@@H](NC(C)C)C(C)C. The Bertz CT molecular complexity index is 901. The molecule has 0 spiro atoms. The number of esters is 1. The molecule has 0 saturated heterocycles. The van der Waals surface area contributed by atoms with Crippen LogP contribution in [0.5, 0.6) is 0 Å². The van der Waals surface area contributed by atoms with Crippen LogP contribution in [0.3, 0.4) is 0 Å². The van der Waals surface area contributed by atoms with Gasteiger partial charge >= 0.3 is 12.0 Å². The molecule has 0 fully saturated rings. The summed E-state index contributed by atoms with van der Waals surface area (Å²) in [6.45, 7) is 13.6. The molecule has 1 aromatic carbocycles. The van der Waals surface area contributed by atoms with Crippen molar-refractivity contribution in [1.29, 1.82) is 0 Å². The van der Waals surface area contributed by atoms with Gasteiger partial charge in [0.2, 0.25) is 11.8 Å². The van der Waals surface area contributed by atoms with Crippen LogP contribution in [0.4, 0.5) is 10.5 Å². The van der Waals surface area contributed by atoms with Crippen LogP contribution in [0, 0.1) is 18.8 Å². The average molecular weight is 506 g/mol. The molecular weight excluding hydrogens is 462 g/mol. The Hall–Kier alpha value is -3.14. The highest BCUT2D eigenvalue weighted by molar-refractivity contribution is 5.98. The van der Waals surface area contributed by atoms with Crippen LogP contribution in [-0.2, 0) is 25.7 Å². The Kier molecular flexibility index (Phi) is 12.9. The fourth-order valence-electron chi connectivity index (χ4n) is 3.47. The summed E-state index contributed by atoms with van der Waals surface area (Å²) < 4.78 is 5.27. The van der Waals surface area contributed by atoms with Crippen molar-refractivity contribution in [2.45, 2.75) is 86.0 Å². The van der Waals surface area contributed by atoms with Crippen LogP contribution in [0.1, 0.15) is 65.5 Å². The number of primary amides is 1. The number of amides is 4. The highest BCUT2D eigenvalue weighted by Gasteiger charge is 2.28. The Morgan fingerprint density at radius 2 is 1.67 bits per heavy atom. The maximum absolute atomic E-state index is 13.2. The number of carbonyl (C=O) groups is 4. The molecule has 10 heteroatoms. The smallest absolute Gasteiger partial charge is 0.312 e. The van der Waals surface area contributed by atoms with Crippen LogP contribution in [0.2, 0.25) is 0 Å². The van der Waals surface area contributed by atoms with Gasteiger partial charge in [0.05, 0.1) is 12.0 Å². The quantitative estimate of drug-likeness (QED) is 0.194. The van der Waals surface area contributed by atoms with Crippen LogP contribution >= 0.6 is 0 Å². The molecule has 1 rings (SSSR count). The highest BCUT2D eigenvalue weighted by Crippen LogP contribution is 2.18. The third-order valence-electron chi connectivity index (χ3n) is 5.46. The first kappa shape index (κ1) is 30.9. The van der Waals surface area contributed by atoms with E-state index in [2.05, 4.69) is 21.3 Å². The van der Waals surface area contributed by atoms with E-state index in [0.717, 1.165) is 11.1 Å².